The average molecular weight is 297 g/mol. The number of aromatic nitrogens is 2. The Kier molecular flexibility index (Phi) is 5.72. The van der Waals surface area contributed by atoms with Gasteiger partial charge >= 0.3 is 0 Å². The minimum atomic E-state index is -0.733. The van der Waals surface area contributed by atoms with Crippen molar-refractivity contribution in [2.24, 2.45) is 0 Å². The second kappa shape index (κ2) is 7.53. The van der Waals surface area contributed by atoms with E-state index in [1.54, 1.807) is 19.4 Å². The number of ether oxygens (including phenoxy) is 2. The number of aliphatic hydroxyl groups is 1. The molecule has 1 N–H and O–H groups in total. The second-order valence-electron chi connectivity index (χ2n) is 5.27. The first-order chi connectivity index (χ1) is 10.1. The Morgan fingerprint density at radius 3 is 2.71 bits per heavy atom. The van der Waals surface area contributed by atoms with Gasteiger partial charge < -0.3 is 19.5 Å². The molecule has 21 heavy (non-hydrogen) atoms. The summed E-state index contributed by atoms with van der Waals surface area (Å²) in [6.45, 7) is 2.03. The number of piperidine rings is 1. The molecule has 1 aromatic heterocycles. The van der Waals surface area contributed by atoms with Gasteiger partial charge in [0, 0.05) is 33.4 Å². The van der Waals surface area contributed by atoms with Crippen LogP contribution in [-0.2, 0) is 16.0 Å². The number of anilines is 1. The quantitative estimate of drug-likeness (QED) is 0.788. The highest BCUT2D eigenvalue weighted by Crippen LogP contribution is 2.18. The average Bonchev–Trinajstić information content (AvgIpc) is 2.50. The Morgan fingerprint density at radius 1 is 1.43 bits per heavy atom. The number of nitrogens with zero attached hydrogens (tertiary/aromatic N) is 3. The highest BCUT2D eigenvalue weighted by molar-refractivity contribution is 5.43. The number of aliphatic hydroxyl groups excluding tert-OH is 1. The highest BCUT2D eigenvalue weighted by atomic mass is 16.5. The normalized spacial score (nSPS) is 18.0. The summed E-state index contributed by atoms with van der Waals surface area (Å²) >= 11 is 0. The van der Waals surface area contributed by atoms with Gasteiger partial charge in [-0.1, -0.05) is 0 Å². The summed E-state index contributed by atoms with van der Waals surface area (Å²) in [6.07, 6.45) is 3.15. The molecule has 0 amide bonds. The van der Waals surface area contributed by atoms with Crippen LogP contribution in [0.25, 0.3) is 0 Å². The zero-order chi connectivity index (χ0) is 15.2. The first kappa shape index (κ1) is 15.9. The fourth-order valence-corrected chi connectivity index (χ4v) is 2.53. The number of rotatable bonds is 6. The minimum Gasteiger partial charge on any atom is -0.389 e. The fourth-order valence-electron chi connectivity index (χ4n) is 2.53. The van der Waals surface area contributed by atoms with Crippen molar-refractivity contribution in [2.75, 3.05) is 38.8 Å². The van der Waals surface area contributed by atoms with E-state index >= 15 is 0 Å². The van der Waals surface area contributed by atoms with Gasteiger partial charge in [0.15, 0.2) is 0 Å². The molecular formula is C14H23N3O4. The van der Waals surface area contributed by atoms with Crippen molar-refractivity contribution in [3.8, 4) is 0 Å². The molecule has 2 heterocycles. The van der Waals surface area contributed by atoms with Crippen LogP contribution < -0.4 is 10.5 Å². The van der Waals surface area contributed by atoms with Crippen LogP contribution in [0.4, 0.5) is 5.69 Å². The maximum absolute atomic E-state index is 12.0. The third-order valence-electron chi connectivity index (χ3n) is 3.74. The fraction of sp³-hybridized carbons (Fsp3) is 0.714. The lowest BCUT2D eigenvalue weighted by Crippen LogP contribution is -2.38. The Morgan fingerprint density at radius 2 is 2.14 bits per heavy atom. The molecule has 7 nitrogen and oxygen atoms in total. The van der Waals surface area contributed by atoms with E-state index in [0.717, 1.165) is 31.6 Å². The lowest BCUT2D eigenvalue weighted by Gasteiger charge is -2.32. The van der Waals surface area contributed by atoms with Gasteiger partial charge in [-0.05, 0) is 12.8 Å². The lowest BCUT2D eigenvalue weighted by atomic mass is 10.1. The molecule has 0 radical (unpaired) electrons. The molecule has 1 aliphatic heterocycles. The Hall–Kier alpha value is -1.44. The second-order valence-corrected chi connectivity index (χ2v) is 5.27. The molecule has 1 aromatic rings. The van der Waals surface area contributed by atoms with Crippen molar-refractivity contribution in [2.45, 2.75) is 31.6 Å². The van der Waals surface area contributed by atoms with Crippen molar-refractivity contribution < 1.29 is 14.6 Å². The molecule has 2 rings (SSSR count). The Balaban J connectivity index is 2.00. The van der Waals surface area contributed by atoms with Crippen LogP contribution in [0.3, 0.4) is 0 Å². The van der Waals surface area contributed by atoms with Crippen LogP contribution in [0, 0.1) is 0 Å². The molecule has 1 aliphatic rings. The van der Waals surface area contributed by atoms with E-state index in [-0.39, 0.29) is 18.7 Å². The van der Waals surface area contributed by atoms with Crippen LogP contribution >= 0.6 is 0 Å². The van der Waals surface area contributed by atoms with E-state index in [1.807, 2.05) is 0 Å². The monoisotopic (exact) mass is 297 g/mol. The standard InChI is InChI=1S/C14H23N3O4/c1-20-10-12(18)9-17-14(19)7-11(8-15-17)16-5-3-13(21-2)4-6-16/h7-8,12-13,18H,3-6,9-10H2,1-2H3. The third kappa shape index (κ3) is 4.26. The molecule has 0 aromatic carbocycles. The van der Waals surface area contributed by atoms with Gasteiger partial charge in [0.2, 0.25) is 0 Å². The number of hydrogen-bond donors (Lipinski definition) is 1. The Bertz CT molecular complexity index is 497. The van der Waals surface area contributed by atoms with Crippen molar-refractivity contribution in [1.29, 1.82) is 0 Å². The number of methoxy groups -OCH3 is 2. The zero-order valence-corrected chi connectivity index (χ0v) is 12.6. The summed E-state index contributed by atoms with van der Waals surface area (Å²) in [5.74, 6) is 0. The summed E-state index contributed by atoms with van der Waals surface area (Å²) < 4.78 is 11.4. The van der Waals surface area contributed by atoms with Crippen LogP contribution in [-0.4, -0.2) is 61.0 Å². The summed E-state index contributed by atoms with van der Waals surface area (Å²) in [5.41, 5.74) is 0.614. The molecule has 118 valence electrons. The maximum atomic E-state index is 12.0. The van der Waals surface area contributed by atoms with E-state index in [4.69, 9.17) is 9.47 Å². The van der Waals surface area contributed by atoms with Gasteiger partial charge in [0.25, 0.3) is 5.56 Å². The van der Waals surface area contributed by atoms with Gasteiger partial charge in [-0.3, -0.25) is 4.79 Å². The highest BCUT2D eigenvalue weighted by Gasteiger charge is 2.19. The molecule has 0 spiro atoms. The largest absolute Gasteiger partial charge is 0.389 e. The minimum absolute atomic E-state index is 0.138. The molecule has 0 bridgehead atoms. The van der Waals surface area contributed by atoms with Crippen molar-refractivity contribution in [1.82, 2.24) is 9.78 Å². The molecule has 1 atom stereocenters. The summed E-state index contributed by atoms with van der Waals surface area (Å²) in [6, 6.07) is 1.57. The van der Waals surface area contributed by atoms with E-state index < -0.39 is 6.10 Å². The third-order valence-corrected chi connectivity index (χ3v) is 3.74. The van der Waals surface area contributed by atoms with E-state index in [0.29, 0.717) is 6.10 Å². The molecule has 1 saturated heterocycles. The van der Waals surface area contributed by atoms with Crippen molar-refractivity contribution in [3.63, 3.8) is 0 Å². The smallest absolute Gasteiger partial charge is 0.268 e. The SMILES string of the molecule is COCC(O)Cn1ncc(N2CCC(OC)CC2)cc1=O. The lowest BCUT2D eigenvalue weighted by molar-refractivity contribution is 0.0504. The van der Waals surface area contributed by atoms with Gasteiger partial charge in [0.05, 0.1) is 37.2 Å². The van der Waals surface area contributed by atoms with Gasteiger partial charge in [-0.15, -0.1) is 0 Å². The van der Waals surface area contributed by atoms with Crippen molar-refractivity contribution >= 4 is 5.69 Å². The van der Waals surface area contributed by atoms with Gasteiger partial charge in [0.1, 0.15) is 0 Å². The van der Waals surface area contributed by atoms with E-state index in [2.05, 4.69) is 10.00 Å². The zero-order valence-electron chi connectivity index (χ0n) is 12.6. The summed E-state index contributed by atoms with van der Waals surface area (Å²) in [5, 5.41) is 13.8. The van der Waals surface area contributed by atoms with Gasteiger partial charge in [-0.2, -0.15) is 5.10 Å². The van der Waals surface area contributed by atoms with Crippen LogP contribution in [0.2, 0.25) is 0 Å². The van der Waals surface area contributed by atoms with E-state index in [9.17, 15) is 9.90 Å². The predicted molar refractivity (Wildman–Crippen MR) is 78.6 cm³/mol. The van der Waals surface area contributed by atoms with Crippen molar-refractivity contribution in [3.05, 3.63) is 22.6 Å². The summed E-state index contributed by atoms with van der Waals surface area (Å²) in [7, 11) is 3.24. The molecule has 1 fully saturated rings. The maximum Gasteiger partial charge on any atom is 0.268 e. The Labute approximate surface area is 124 Å². The molecule has 0 saturated carbocycles. The summed E-state index contributed by atoms with van der Waals surface area (Å²) in [4.78, 5) is 14.2. The predicted octanol–water partition coefficient (Wildman–Crippen LogP) is -0.134. The first-order valence-electron chi connectivity index (χ1n) is 7.16. The van der Waals surface area contributed by atoms with Crippen LogP contribution in [0.5, 0.6) is 0 Å². The van der Waals surface area contributed by atoms with Crippen LogP contribution in [0.15, 0.2) is 17.1 Å². The molecular weight excluding hydrogens is 274 g/mol. The van der Waals surface area contributed by atoms with Crippen LogP contribution in [0.1, 0.15) is 12.8 Å². The van der Waals surface area contributed by atoms with E-state index in [1.165, 1.54) is 11.8 Å². The first-order valence-corrected chi connectivity index (χ1v) is 7.16. The number of hydrogen-bond acceptors (Lipinski definition) is 6. The topological polar surface area (TPSA) is 76.8 Å². The molecule has 0 aliphatic carbocycles. The molecule has 1 unspecified atom stereocenters. The molecule has 7 heteroatoms. The van der Waals surface area contributed by atoms with Gasteiger partial charge in [-0.25, -0.2) is 4.68 Å².